The van der Waals surface area contributed by atoms with Gasteiger partial charge in [0.2, 0.25) is 0 Å². The second-order valence-corrected chi connectivity index (χ2v) is 7.34. The molecule has 1 atom stereocenters. The summed E-state index contributed by atoms with van der Waals surface area (Å²) < 4.78 is 16.4. The van der Waals surface area contributed by atoms with Crippen LogP contribution < -0.4 is 14.8 Å². The van der Waals surface area contributed by atoms with Crippen molar-refractivity contribution in [3.8, 4) is 11.5 Å². The molecule has 1 fully saturated rings. The third-order valence-electron chi connectivity index (χ3n) is 5.53. The van der Waals surface area contributed by atoms with Crippen molar-refractivity contribution in [3.05, 3.63) is 23.3 Å². The van der Waals surface area contributed by atoms with Gasteiger partial charge in [-0.25, -0.2) is 0 Å². The second kappa shape index (κ2) is 11.8. The van der Waals surface area contributed by atoms with E-state index >= 15 is 0 Å². The number of halogens is 1. The molecular formula is C21H35IN4O3. The minimum absolute atomic E-state index is 0. The van der Waals surface area contributed by atoms with Gasteiger partial charge in [0.05, 0.1) is 34.0 Å². The van der Waals surface area contributed by atoms with E-state index in [0.717, 1.165) is 76.4 Å². The molecule has 1 unspecified atom stereocenters. The zero-order chi connectivity index (χ0) is 19.9. The van der Waals surface area contributed by atoms with Crippen LogP contribution in [0.4, 0.5) is 0 Å². The van der Waals surface area contributed by atoms with Crippen LogP contribution in [-0.4, -0.2) is 82.0 Å². The van der Waals surface area contributed by atoms with Gasteiger partial charge in [-0.15, -0.1) is 24.0 Å². The van der Waals surface area contributed by atoms with Crippen LogP contribution in [0.1, 0.15) is 25.0 Å². The van der Waals surface area contributed by atoms with Crippen LogP contribution >= 0.6 is 24.0 Å². The molecule has 3 rings (SSSR count). The molecule has 2 aliphatic rings. The Kier molecular flexibility index (Phi) is 9.78. The first kappa shape index (κ1) is 24.0. The maximum absolute atomic E-state index is 5.49. The number of nitrogens with one attached hydrogen (secondary N) is 1. The van der Waals surface area contributed by atoms with Crippen LogP contribution in [0.2, 0.25) is 0 Å². The smallest absolute Gasteiger partial charge is 0.194 e. The number of hydrogen-bond acceptors (Lipinski definition) is 5. The lowest BCUT2D eigenvalue weighted by Gasteiger charge is -2.34. The van der Waals surface area contributed by atoms with E-state index in [9.17, 15) is 0 Å². The number of morpholine rings is 1. The zero-order valence-electron chi connectivity index (χ0n) is 18.1. The molecule has 0 bridgehead atoms. The van der Waals surface area contributed by atoms with Crippen molar-refractivity contribution in [1.82, 2.24) is 15.1 Å². The fourth-order valence-corrected chi connectivity index (χ4v) is 3.84. The summed E-state index contributed by atoms with van der Waals surface area (Å²) in [5, 5.41) is 3.47. The standard InChI is InChI=1S/C21H34N4O3.HI/c1-5-22-21(23-14-16(2)24-8-10-28-11-9-24)25-7-6-17-12-19(26-3)20(27-4)13-18(17)15-25;/h12-13,16H,5-11,14-15H2,1-4H3,(H,22,23);1H. The minimum Gasteiger partial charge on any atom is -0.493 e. The Bertz CT molecular complexity index is 680. The van der Waals surface area contributed by atoms with Gasteiger partial charge >= 0.3 is 0 Å². The van der Waals surface area contributed by atoms with Crippen LogP contribution in [0.25, 0.3) is 0 Å². The lowest BCUT2D eigenvalue weighted by atomic mass is 9.99. The average molecular weight is 518 g/mol. The Morgan fingerprint density at radius 2 is 1.79 bits per heavy atom. The number of rotatable bonds is 6. The number of aliphatic imine (C=N–C) groups is 1. The van der Waals surface area contributed by atoms with Gasteiger partial charge in [-0.3, -0.25) is 9.89 Å². The highest BCUT2D eigenvalue weighted by atomic mass is 127. The zero-order valence-corrected chi connectivity index (χ0v) is 20.4. The van der Waals surface area contributed by atoms with E-state index in [0.29, 0.717) is 6.04 Å². The maximum Gasteiger partial charge on any atom is 0.194 e. The number of hydrogen-bond donors (Lipinski definition) is 1. The molecule has 2 heterocycles. The van der Waals surface area contributed by atoms with Crippen LogP contribution in [0.3, 0.4) is 0 Å². The van der Waals surface area contributed by atoms with Crippen molar-refractivity contribution < 1.29 is 14.2 Å². The van der Waals surface area contributed by atoms with E-state index in [1.165, 1.54) is 11.1 Å². The van der Waals surface area contributed by atoms with E-state index in [1.54, 1.807) is 14.2 Å². The normalized spacial score (nSPS) is 18.5. The Balaban J connectivity index is 0.00000300. The molecule has 0 aliphatic carbocycles. The number of fused-ring (bicyclic) bond motifs is 1. The summed E-state index contributed by atoms with van der Waals surface area (Å²) in [6.45, 7) is 11.4. The van der Waals surface area contributed by atoms with Crippen molar-refractivity contribution in [2.45, 2.75) is 32.9 Å². The van der Waals surface area contributed by atoms with Crippen LogP contribution in [0, 0.1) is 0 Å². The van der Waals surface area contributed by atoms with Crippen molar-refractivity contribution in [2.24, 2.45) is 4.99 Å². The summed E-state index contributed by atoms with van der Waals surface area (Å²) in [6.07, 6.45) is 0.971. The van der Waals surface area contributed by atoms with Gasteiger partial charge in [-0.2, -0.15) is 0 Å². The van der Waals surface area contributed by atoms with Gasteiger partial charge in [0.1, 0.15) is 0 Å². The average Bonchev–Trinajstić information content (AvgIpc) is 2.75. The molecule has 0 amide bonds. The summed E-state index contributed by atoms with van der Waals surface area (Å²) >= 11 is 0. The Morgan fingerprint density at radius 3 is 2.41 bits per heavy atom. The molecule has 0 radical (unpaired) electrons. The fraction of sp³-hybridized carbons (Fsp3) is 0.667. The third kappa shape index (κ3) is 6.11. The predicted molar refractivity (Wildman–Crippen MR) is 127 cm³/mol. The highest BCUT2D eigenvalue weighted by Crippen LogP contribution is 2.33. The van der Waals surface area contributed by atoms with Crippen LogP contribution in [0.15, 0.2) is 17.1 Å². The molecule has 1 aromatic rings. The topological polar surface area (TPSA) is 58.6 Å². The molecule has 7 nitrogen and oxygen atoms in total. The Morgan fingerprint density at radius 1 is 1.14 bits per heavy atom. The summed E-state index contributed by atoms with van der Waals surface area (Å²) in [6, 6.07) is 4.62. The van der Waals surface area contributed by atoms with E-state index in [1.807, 2.05) is 0 Å². The molecule has 29 heavy (non-hydrogen) atoms. The molecule has 0 spiro atoms. The van der Waals surface area contributed by atoms with Gasteiger partial charge < -0.3 is 24.4 Å². The first-order chi connectivity index (χ1) is 13.7. The van der Waals surface area contributed by atoms with Crippen molar-refractivity contribution in [1.29, 1.82) is 0 Å². The molecule has 8 heteroatoms. The van der Waals surface area contributed by atoms with E-state index < -0.39 is 0 Å². The number of nitrogens with zero attached hydrogens (tertiary/aromatic N) is 3. The number of ether oxygens (including phenoxy) is 3. The van der Waals surface area contributed by atoms with E-state index in [4.69, 9.17) is 19.2 Å². The van der Waals surface area contributed by atoms with E-state index in [2.05, 4.69) is 41.1 Å². The molecule has 2 aliphatic heterocycles. The molecule has 0 aromatic heterocycles. The fourth-order valence-electron chi connectivity index (χ4n) is 3.84. The number of guanidine groups is 1. The molecule has 1 aromatic carbocycles. The largest absolute Gasteiger partial charge is 0.493 e. The SMILES string of the molecule is CCNC(=NCC(C)N1CCOCC1)N1CCc2cc(OC)c(OC)cc2C1.I. The summed E-state index contributed by atoms with van der Waals surface area (Å²) in [5.74, 6) is 2.57. The molecular weight excluding hydrogens is 483 g/mol. The van der Waals surface area contributed by atoms with Crippen LogP contribution in [0.5, 0.6) is 11.5 Å². The summed E-state index contributed by atoms with van der Waals surface area (Å²) in [5.41, 5.74) is 2.60. The van der Waals surface area contributed by atoms with Crippen molar-refractivity contribution >= 4 is 29.9 Å². The highest BCUT2D eigenvalue weighted by Gasteiger charge is 2.22. The summed E-state index contributed by atoms with van der Waals surface area (Å²) in [4.78, 5) is 9.75. The van der Waals surface area contributed by atoms with Gasteiger partial charge in [-0.1, -0.05) is 0 Å². The quantitative estimate of drug-likeness (QED) is 0.355. The Hall–Kier alpha value is -1.26. The first-order valence-electron chi connectivity index (χ1n) is 10.2. The van der Waals surface area contributed by atoms with Gasteiger partial charge in [0, 0.05) is 38.8 Å². The molecule has 1 saturated heterocycles. The number of methoxy groups -OCH3 is 2. The lowest BCUT2D eigenvalue weighted by molar-refractivity contribution is 0.0220. The third-order valence-corrected chi connectivity index (χ3v) is 5.53. The maximum atomic E-state index is 5.49. The van der Waals surface area contributed by atoms with Gasteiger partial charge in [0.25, 0.3) is 0 Å². The van der Waals surface area contributed by atoms with Gasteiger partial charge in [0.15, 0.2) is 17.5 Å². The number of benzene rings is 1. The molecule has 0 saturated carbocycles. The monoisotopic (exact) mass is 518 g/mol. The summed E-state index contributed by atoms with van der Waals surface area (Å²) in [7, 11) is 3.37. The minimum atomic E-state index is 0. The van der Waals surface area contributed by atoms with Gasteiger partial charge in [-0.05, 0) is 43.5 Å². The van der Waals surface area contributed by atoms with Crippen molar-refractivity contribution in [2.75, 3.05) is 60.2 Å². The van der Waals surface area contributed by atoms with Crippen LogP contribution in [-0.2, 0) is 17.7 Å². The second-order valence-electron chi connectivity index (χ2n) is 7.34. The molecule has 1 N–H and O–H groups in total. The highest BCUT2D eigenvalue weighted by molar-refractivity contribution is 14.0. The lowest BCUT2D eigenvalue weighted by Crippen LogP contribution is -2.46. The van der Waals surface area contributed by atoms with Crippen molar-refractivity contribution in [3.63, 3.8) is 0 Å². The molecule has 164 valence electrons. The Labute approximate surface area is 191 Å². The predicted octanol–water partition coefficient (Wildman–Crippen LogP) is 2.37. The first-order valence-corrected chi connectivity index (χ1v) is 10.2. The van der Waals surface area contributed by atoms with E-state index in [-0.39, 0.29) is 24.0 Å².